The molecule has 104 valence electrons. The molecule has 2 aromatic heterocycles. The Morgan fingerprint density at radius 3 is 3.30 bits per heavy atom. The number of aromatic nitrogens is 1. The fourth-order valence-electron chi connectivity index (χ4n) is 3.40. The van der Waals surface area contributed by atoms with E-state index in [4.69, 9.17) is 0 Å². The van der Waals surface area contributed by atoms with Gasteiger partial charge in [-0.3, -0.25) is 9.78 Å². The molecule has 4 heterocycles. The molecule has 3 atom stereocenters. The molecule has 0 spiro atoms. The number of pyridine rings is 1. The number of piperidine rings is 1. The minimum atomic E-state index is 0.0142. The molecular weight excluding hydrogens is 270 g/mol. The van der Waals surface area contributed by atoms with Gasteiger partial charge in [0.05, 0.1) is 15.8 Å². The van der Waals surface area contributed by atoms with Crippen LogP contribution in [0.25, 0.3) is 10.2 Å². The maximum Gasteiger partial charge on any atom is 0.253 e. The minimum Gasteiger partial charge on any atom is -0.348 e. The lowest BCUT2D eigenvalue weighted by molar-refractivity contribution is 0.0909. The predicted octanol–water partition coefficient (Wildman–Crippen LogP) is 2.12. The number of carbonyl (C=O) groups is 1. The van der Waals surface area contributed by atoms with Crippen LogP contribution in [0.4, 0.5) is 0 Å². The molecule has 2 fully saturated rings. The summed E-state index contributed by atoms with van der Waals surface area (Å²) in [6.07, 6.45) is 4.09. The van der Waals surface area contributed by atoms with Crippen molar-refractivity contribution in [1.82, 2.24) is 15.2 Å². The van der Waals surface area contributed by atoms with E-state index in [2.05, 4.69) is 15.2 Å². The highest BCUT2D eigenvalue weighted by Gasteiger charge is 2.32. The van der Waals surface area contributed by atoms with Crippen molar-refractivity contribution in [3.63, 3.8) is 0 Å². The highest BCUT2D eigenvalue weighted by atomic mass is 32.1. The van der Waals surface area contributed by atoms with Gasteiger partial charge in [0.1, 0.15) is 0 Å². The van der Waals surface area contributed by atoms with Crippen LogP contribution in [0.5, 0.6) is 0 Å². The average Bonchev–Trinajstić information content (AvgIpc) is 3.04. The van der Waals surface area contributed by atoms with Gasteiger partial charge in [-0.25, -0.2) is 0 Å². The van der Waals surface area contributed by atoms with Gasteiger partial charge in [0, 0.05) is 25.3 Å². The summed E-state index contributed by atoms with van der Waals surface area (Å²) in [4.78, 5) is 19.1. The summed E-state index contributed by atoms with van der Waals surface area (Å²) >= 11 is 1.63. The monoisotopic (exact) mass is 287 g/mol. The van der Waals surface area contributed by atoms with Gasteiger partial charge in [-0.05, 0) is 42.8 Å². The zero-order chi connectivity index (χ0) is 13.5. The summed E-state index contributed by atoms with van der Waals surface area (Å²) < 4.78 is 1.07. The standard InChI is InChI=1S/C15H17N3OS/c19-15(11-6-14-13(16-7-11)2-4-20-14)17-12-5-10-1-3-18(8-10)9-12/h2,4,6-7,10,12H,1,3,5,8-9H2,(H,17,19)/t10?,12-/m1/s1. The molecule has 1 N–H and O–H groups in total. The van der Waals surface area contributed by atoms with E-state index in [1.807, 2.05) is 17.5 Å². The maximum atomic E-state index is 12.3. The Morgan fingerprint density at radius 1 is 1.45 bits per heavy atom. The number of fused-ring (bicyclic) bond motifs is 3. The Labute approximate surface area is 121 Å². The highest BCUT2D eigenvalue weighted by molar-refractivity contribution is 7.17. The van der Waals surface area contributed by atoms with Crippen LogP contribution < -0.4 is 5.32 Å². The van der Waals surface area contributed by atoms with Crippen LogP contribution in [0, 0.1) is 5.92 Å². The number of amides is 1. The molecule has 2 unspecified atom stereocenters. The van der Waals surface area contributed by atoms with Crippen molar-refractivity contribution >= 4 is 27.5 Å². The van der Waals surface area contributed by atoms with Crippen LogP contribution >= 0.6 is 11.3 Å². The van der Waals surface area contributed by atoms with Crippen LogP contribution in [-0.2, 0) is 0 Å². The van der Waals surface area contributed by atoms with Crippen LogP contribution in [-0.4, -0.2) is 41.5 Å². The zero-order valence-corrected chi connectivity index (χ0v) is 12.0. The van der Waals surface area contributed by atoms with E-state index in [-0.39, 0.29) is 5.91 Å². The van der Waals surface area contributed by atoms with Gasteiger partial charge in [0.15, 0.2) is 0 Å². The summed E-state index contributed by atoms with van der Waals surface area (Å²) in [6.45, 7) is 3.41. The first-order valence-corrected chi connectivity index (χ1v) is 8.02. The van der Waals surface area contributed by atoms with Gasteiger partial charge in [-0.1, -0.05) is 0 Å². The molecule has 4 nitrogen and oxygen atoms in total. The molecule has 2 aliphatic rings. The summed E-state index contributed by atoms with van der Waals surface area (Å²) in [6, 6.07) is 4.22. The summed E-state index contributed by atoms with van der Waals surface area (Å²) in [7, 11) is 0. The van der Waals surface area contributed by atoms with Crippen LogP contribution in [0.15, 0.2) is 23.7 Å². The summed E-state index contributed by atoms with van der Waals surface area (Å²) in [5.74, 6) is 0.784. The molecule has 0 aliphatic carbocycles. The molecule has 20 heavy (non-hydrogen) atoms. The predicted molar refractivity (Wildman–Crippen MR) is 80.0 cm³/mol. The highest BCUT2D eigenvalue weighted by Crippen LogP contribution is 2.27. The van der Waals surface area contributed by atoms with Crippen molar-refractivity contribution in [1.29, 1.82) is 0 Å². The van der Waals surface area contributed by atoms with E-state index in [1.54, 1.807) is 17.5 Å². The third kappa shape index (κ3) is 2.21. The maximum absolute atomic E-state index is 12.3. The van der Waals surface area contributed by atoms with Gasteiger partial charge in [0.25, 0.3) is 5.91 Å². The molecule has 4 rings (SSSR count). The molecule has 0 radical (unpaired) electrons. The van der Waals surface area contributed by atoms with E-state index >= 15 is 0 Å². The fraction of sp³-hybridized carbons (Fsp3) is 0.467. The second kappa shape index (κ2) is 4.82. The summed E-state index contributed by atoms with van der Waals surface area (Å²) in [5, 5.41) is 5.18. The quantitative estimate of drug-likeness (QED) is 0.920. The lowest BCUT2D eigenvalue weighted by Gasteiger charge is -2.30. The molecule has 2 bridgehead atoms. The molecule has 0 aromatic carbocycles. The first-order chi connectivity index (χ1) is 9.78. The molecule has 5 heteroatoms. The first-order valence-electron chi connectivity index (χ1n) is 7.14. The minimum absolute atomic E-state index is 0.0142. The lowest BCUT2D eigenvalue weighted by atomic mass is 9.96. The molecule has 2 aromatic rings. The van der Waals surface area contributed by atoms with Gasteiger partial charge in [-0.2, -0.15) is 0 Å². The van der Waals surface area contributed by atoms with Gasteiger partial charge < -0.3 is 10.2 Å². The van der Waals surface area contributed by atoms with Crippen molar-refractivity contribution < 1.29 is 4.79 Å². The Morgan fingerprint density at radius 2 is 2.40 bits per heavy atom. The van der Waals surface area contributed by atoms with Crippen LogP contribution in [0.1, 0.15) is 23.2 Å². The van der Waals surface area contributed by atoms with Gasteiger partial charge in [-0.15, -0.1) is 11.3 Å². The fourth-order valence-corrected chi connectivity index (χ4v) is 4.18. The normalized spacial score (nSPS) is 28.7. The summed E-state index contributed by atoms with van der Waals surface area (Å²) in [5.41, 5.74) is 1.64. The van der Waals surface area contributed by atoms with Gasteiger partial charge >= 0.3 is 0 Å². The Kier molecular flexibility index (Phi) is 2.97. The molecule has 0 saturated carbocycles. The number of carbonyl (C=O) groups excluding carboxylic acids is 1. The van der Waals surface area contributed by atoms with Crippen molar-refractivity contribution in [2.75, 3.05) is 19.6 Å². The topological polar surface area (TPSA) is 45.2 Å². The lowest BCUT2D eigenvalue weighted by Crippen LogP contribution is -2.47. The Balaban J connectivity index is 1.49. The number of hydrogen-bond donors (Lipinski definition) is 1. The Hall–Kier alpha value is -1.46. The molecule has 1 amide bonds. The molecule has 2 aliphatic heterocycles. The number of nitrogens with zero attached hydrogens (tertiary/aromatic N) is 2. The van der Waals surface area contributed by atoms with Crippen molar-refractivity contribution in [3.8, 4) is 0 Å². The second-order valence-electron chi connectivity index (χ2n) is 5.85. The van der Waals surface area contributed by atoms with E-state index in [1.165, 1.54) is 19.5 Å². The first kappa shape index (κ1) is 12.3. The molecule has 2 saturated heterocycles. The third-order valence-corrected chi connectivity index (χ3v) is 5.22. The number of nitrogens with one attached hydrogen (secondary N) is 1. The van der Waals surface area contributed by atoms with Crippen molar-refractivity contribution in [2.45, 2.75) is 18.9 Å². The number of rotatable bonds is 2. The van der Waals surface area contributed by atoms with Crippen molar-refractivity contribution in [2.24, 2.45) is 5.92 Å². The third-order valence-electron chi connectivity index (χ3n) is 4.37. The Bertz CT molecular complexity index is 641. The van der Waals surface area contributed by atoms with Gasteiger partial charge in [0.2, 0.25) is 0 Å². The van der Waals surface area contributed by atoms with Crippen molar-refractivity contribution in [3.05, 3.63) is 29.3 Å². The smallest absolute Gasteiger partial charge is 0.253 e. The van der Waals surface area contributed by atoms with E-state index < -0.39 is 0 Å². The van der Waals surface area contributed by atoms with E-state index in [0.717, 1.165) is 29.1 Å². The largest absolute Gasteiger partial charge is 0.348 e. The van der Waals surface area contributed by atoms with E-state index in [0.29, 0.717) is 11.6 Å². The number of thiophene rings is 1. The van der Waals surface area contributed by atoms with Crippen LogP contribution in [0.3, 0.4) is 0 Å². The average molecular weight is 287 g/mol. The van der Waals surface area contributed by atoms with Crippen LogP contribution in [0.2, 0.25) is 0 Å². The SMILES string of the molecule is O=C(N[C@@H]1CC2CCN(C2)C1)c1cnc2ccsc2c1. The second-order valence-corrected chi connectivity index (χ2v) is 6.80. The number of hydrogen-bond acceptors (Lipinski definition) is 4. The van der Waals surface area contributed by atoms with E-state index in [9.17, 15) is 4.79 Å². The zero-order valence-electron chi connectivity index (χ0n) is 11.2. The molecular formula is C15H17N3OS.